The molecule has 0 aliphatic carbocycles. The molecule has 0 spiro atoms. The first-order valence-electron chi connectivity index (χ1n) is 5.58. The van der Waals surface area contributed by atoms with Crippen molar-refractivity contribution in [3.05, 3.63) is 23.7 Å². The highest BCUT2D eigenvalue weighted by Gasteiger charge is 2.64. The van der Waals surface area contributed by atoms with Crippen molar-refractivity contribution in [3.8, 4) is 0 Å². The molecule has 2 rings (SSSR count). The molecule has 0 saturated carbocycles. The van der Waals surface area contributed by atoms with Crippen LogP contribution in [-0.2, 0) is 11.3 Å². The second-order valence-electron chi connectivity index (χ2n) is 4.52. The van der Waals surface area contributed by atoms with Crippen LogP contribution in [0, 0.1) is 0 Å². The Morgan fingerprint density at radius 2 is 2.10 bits per heavy atom. The van der Waals surface area contributed by atoms with Gasteiger partial charge in [-0.3, -0.25) is 9.69 Å². The van der Waals surface area contributed by atoms with Crippen LogP contribution in [0.15, 0.2) is 16.7 Å². The number of hydrogen-bond donors (Lipinski definition) is 2. The minimum atomic E-state index is -4.97. The molecular weight excluding hydrogens is 297 g/mol. The normalized spacial score (nSPS) is 22.6. The molecule has 1 atom stereocenters. The highest BCUT2D eigenvalue weighted by molar-refractivity contribution is 6.07. The van der Waals surface area contributed by atoms with Crippen molar-refractivity contribution in [2.75, 3.05) is 0 Å². The Kier molecular flexibility index (Phi) is 3.19. The van der Waals surface area contributed by atoms with Crippen LogP contribution in [-0.4, -0.2) is 39.6 Å². The zero-order chi connectivity index (χ0) is 16.0. The molecule has 0 aromatic carbocycles. The third kappa shape index (κ3) is 2.22. The van der Waals surface area contributed by atoms with Crippen LogP contribution in [0.2, 0.25) is 0 Å². The van der Waals surface area contributed by atoms with E-state index in [9.17, 15) is 27.6 Å². The molecule has 1 aliphatic heterocycles. The fourth-order valence-electron chi connectivity index (χ4n) is 1.85. The van der Waals surface area contributed by atoms with Gasteiger partial charge in [-0.25, -0.2) is 9.59 Å². The molecule has 1 aromatic rings. The van der Waals surface area contributed by atoms with Gasteiger partial charge in [0.2, 0.25) is 11.3 Å². The smallest absolute Gasteiger partial charge is 0.420 e. The third-order valence-corrected chi connectivity index (χ3v) is 3.11. The van der Waals surface area contributed by atoms with Gasteiger partial charge in [-0.2, -0.15) is 13.2 Å². The summed E-state index contributed by atoms with van der Waals surface area (Å²) in [7, 11) is 0. The van der Waals surface area contributed by atoms with Crippen molar-refractivity contribution in [2.24, 2.45) is 0 Å². The van der Waals surface area contributed by atoms with E-state index in [-0.39, 0.29) is 5.56 Å². The van der Waals surface area contributed by atoms with Crippen LogP contribution < -0.4 is 5.32 Å². The molecule has 0 bridgehead atoms. The SMILES string of the molecule is CC1(C(F)(F)F)NC(=O)N(Cc2ccoc2C(=O)O)C1=O. The minimum absolute atomic E-state index is 0.0857. The average molecular weight is 306 g/mol. The second-order valence-corrected chi connectivity index (χ2v) is 4.52. The van der Waals surface area contributed by atoms with Gasteiger partial charge in [0, 0.05) is 5.56 Å². The van der Waals surface area contributed by atoms with Gasteiger partial charge in [0.05, 0.1) is 12.8 Å². The molecule has 1 unspecified atom stereocenters. The number of aromatic carboxylic acids is 1. The van der Waals surface area contributed by atoms with Crippen LogP contribution in [0.4, 0.5) is 18.0 Å². The lowest BCUT2D eigenvalue weighted by atomic mass is 10.0. The third-order valence-electron chi connectivity index (χ3n) is 3.11. The monoisotopic (exact) mass is 306 g/mol. The Balaban J connectivity index is 2.30. The maximum absolute atomic E-state index is 12.9. The lowest BCUT2D eigenvalue weighted by Crippen LogP contribution is -2.56. The van der Waals surface area contributed by atoms with E-state index in [4.69, 9.17) is 5.11 Å². The number of alkyl halides is 3. The molecule has 3 amide bonds. The van der Waals surface area contributed by atoms with Gasteiger partial charge in [-0.15, -0.1) is 0 Å². The highest BCUT2D eigenvalue weighted by Crippen LogP contribution is 2.35. The van der Waals surface area contributed by atoms with Crippen LogP contribution in [0.1, 0.15) is 23.0 Å². The number of rotatable bonds is 3. The van der Waals surface area contributed by atoms with Crippen molar-refractivity contribution < 1.29 is 37.1 Å². The minimum Gasteiger partial charge on any atom is -0.475 e. The molecular formula is C11H9F3N2O5. The first-order valence-corrected chi connectivity index (χ1v) is 5.58. The van der Waals surface area contributed by atoms with Crippen LogP contribution in [0.25, 0.3) is 0 Å². The number of carbonyl (C=O) groups is 3. The Hall–Kier alpha value is -2.52. The first-order chi connectivity index (χ1) is 9.58. The topological polar surface area (TPSA) is 99.8 Å². The molecule has 2 N–H and O–H groups in total. The number of furan rings is 1. The predicted octanol–water partition coefficient (Wildman–Crippen LogP) is 1.35. The summed E-state index contributed by atoms with van der Waals surface area (Å²) in [6, 6.07) is -0.0925. The molecule has 2 heterocycles. The molecule has 10 heteroatoms. The maximum Gasteiger partial charge on any atom is 0.420 e. The van der Waals surface area contributed by atoms with E-state index in [2.05, 4.69) is 4.42 Å². The Morgan fingerprint density at radius 1 is 1.48 bits per heavy atom. The van der Waals surface area contributed by atoms with E-state index in [1.807, 2.05) is 0 Å². The van der Waals surface area contributed by atoms with Gasteiger partial charge in [0.1, 0.15) is 0 Å². The first kappa shape index (κ1) is 14.9. The molecule has 114 valence electrons. The summed E-state index contributed by atoms with van der Waals surface area (Å²) in [5, 5.41) is 10.4. The largest absolute Gasteiger partial charge is 0.475 e. The second kappa shape index (κ2) is 4.50. The van der Waals surface area contributed by atoms with Gasteiger partial charge in [-0.1, -0.05) is 0 Å². The molecule has 1 saturated heterocycles. The van der Waals surface area contributed by atoms with E-state index in [1.54, 1.807) is 5.32 Å². The van der Waals surface area contributed by atoms with Crippen molar-refractivity contribution in [3.63, 3.8) is 0 Å². The van der Waals surface area contributed by atoms with Gasteiger partial charge < -0.3 is 14.8 Å². The summed E-state index contributed by atoms with van der Waals surface area (Å²) < 4.78 is 43.2. The lowest BCUT2D eigenvalue weighted by Gasteiger charge is -2.24. The van der Waals surface area contributed by atoms with E-state index >= 15 is 0 Å². The molecule has 0 radical (unpaired) electrons. The number of carboxylic acid groups (broad SMARTS) is 1. The van der Waals surface area contributed by atoms with Crippen LogP contribution in [0.3, 0.4) is 0 Å². The number of hydrogen-bond acceptors (Lipinski definition) is 4. The van der Waals surface area contributed by atoms with E-state index in [1.165, 1.54) is 0 Å². The van der Waals surface area contributed by atoms with Gasteiger partial charge in [0.15, 0.2) is 0 Å². The van der Waals surface area contributed by atoms with E-state index < -0.39 is 41.9 Å². The highest BCUT2D eigenvalue weighted by atomic mass is 19.4. The van der Waals surface area contributed by atoms with Crippen LogP contribution in [0.5, 0.6) is 0 Å². The maximum atomic E-state index is 12.9. The Bertz CT molecular complexity index is 624. The summed E-state index contributed by atoms with van der Waals surface area (Å²) in [6.45, 7) is -0.0881. The quantitative estimate of drug-likeness (QED) is 0.821. The average Bonchev–Trinajstić information content (AvgIpc) is 2.88. The van der Waals surface area contributed by atoms with Crippen LogP contribution >= 0.6 is 0 Å². The number of nitrogens with one attached hydrogen (secondary N) is 1. The van der Waals surface area contributed by atoms with Crippen molar-refractivity contribution in [1.82, 2.24) is 10.2 Å². The Morgan fingerprint density at radius 3 is 2.57 bits per heavy atom. The number of carbonyl (C=O) groups excluding carboxylic acids is 2. The summed E-state index contributed by atoms with van der Waals surface area (Å²) >= 11 is 0. The Labute approximate surface area is 115 Å². The zero-order valence-electron chi connectivity index (χ0n) is 10.5. The van der Waals surface area contributed by atoms with Crippen molar-refractivity contribution >= 4 is 17.9 Å². The van der Waals surface area contributed by atoms with Crippen molar-refractivity contribution in [1.29, 1.82) is 0 Å². The molecule has 7 nitrogen and oxygen atoms in total. The number of carboxylic acids is 1. The standard InChI is InChI=1S/C11H9F3N2O5/c1-10(11(12,13)14)8(19)16(9(20)15-10)4-5-2-3-21-6(5)7(17)18/h2-3H,4H2,1H3,(H,15,20)(H,17,18). The number of amides is 3. The van der Waals surface area contributed by atoms with E-state index in [0.29, 0.717) is 11.8 Å². The van der Waals surface area contributed by atoms with Gasteiger partial charge in [-0.05, 0) is 13.0 Å². The number of halogens is 3. The van der Waals surface area contributed by atoms with Gasteiger partial charge in [0.25, 0.3) is 5.91 Å². The molecule has 21 heavy (non-hydrogen) atoms. The van der Waals surface area contributed by atoms with Crippen molar-refractivity contribution in [2.45, 2.75) is 25.2 Å². The number of urea groups is 1. The number of nitrogens with zero attached hydrogens (tertiary/aromatic N) is 1. The molecule has 1 aromatic heterocycles. The summed E-state index contributed by atoms with van der Waals surface area (Å²) in [6.07, 6.45) is -3.97. The zero-order valence-corrected chi connectivity index (χ0v) is 10.5. The van der Waals surface area contributed by atoms with E-state index in [0.717, 1.165) is 12.3 Å². The summed E-state index contributed by atoms with van der Waals surface area (Å²) in [5.74, 6) is -3.51. The molecule has 1 fully saturated rings. The molecule has 1 aliphatic rings. The summed E-state index contributed by atoms with van der Waals surface area (Å²) in [4.78, 5) is 34.5. The lowest BCUT2D eigenvalue weighted by molar-refractivity contribution is -0.191. The predicted molar refractivity (Wildman–Crippen MR) is 59.2 cm³/mol. The fraction of sp³-hybridized carbons (Fsp3) is 0.364. The summed E-state index contributed by atoms with van der Waals surface area (Å²) in [5.41, 5.74) is -3.12. The van der Waals surface area contributed by atoms with Gasteiger partial charge >= 0.3 is 18.2 Å². The fourth-order valence-corrected chi connectivity index (χ4v) is 1.85. The number of imide groups is 1.